The Morgan fingerprint density at radius 3 is 2.31 bits per heavy atom. The molecule has 36 heavy (non-hydrogen) atoms. The molecule has 1 amide bonds. The van der Waals surface area contributed by atoms with Crippen molar-refractivity contribution in [3.8, 4) is 5.75 Å². The second-order valence-corrected chi connectivity index (χ2v) is 10.2. The molecule has 0 saturated carbocycles. The minimum Gasteiger partial charge on any atom is -0.495 e. The van der Waals surface area contributed by atoms with Gasteiger partial charge in [-0.25, -0.2) is 8.42 Å². The number of benzene rings is 3. The van der Waals surface area contributed by atoms with Crippen LogP contribution in [0.2, 0.25) is 5.02 Å². The van der Waals surface area contributed by atoms with Crippen LogP contribution in [0.4, 0.5) is 24.5 Å². The highest BCUT2D eigenvalue weighted by molar-refractivity contribution is 7.93. The van der Waals surface area contributed by atoms with Crippen LogP contribution >= 0.6 is 11.6 Å². The lowest BCUT2D eigenvalue weighted by molar-refractivity contribution is -0.137. The van der Waals surface area contributed by atoms with Gasteiger partial charge in [-0.1, -0.05) is 36.7 Å². The number of sulfonamides is 1. The average Bonchev–Trinajstić information content (AvgIpc) is 2.83. The highest BCUT2D eigenvalue weighted by Gasteiger charge is 2.34. The van der Waals surface area contributed by atoms with Crippen LogP contribution in [0.5, 0.6) is 5.75 Å². The monoisotopic (exact) mass is 540 g/mol. The summed E-state index contributed by atoms with van der Waals surface area (Å²) in [4.78, 5) is 12.8. The fourth-order valence-corrected chi connectivity index (χ4v) is 5.36. The van der Waals surface area contributed by atoms with E-state index in [9.17, 15) is 26.4 Å². The molecule has 0 aliphatic heterocycles. The number of alkyl halides is 3. The van der Waals surface area contributed by atoms with Gasteiger partial charge in [0.15, 0.2) is 0 Å². The van der Waals surface area contributed by atoms with Crippen LogP contribution in [-0.4, -0.2) is 28.0 Å². The summed E-state index contributed by atoms with van der Waals surface area (Å²) in [5.41, 5.74) is 0.517. The lowest BCUT2D eigenvalue weighted by Gasteiger charge is -2.25. The van der Waals surface area contributed by atoms with E-state index in [2.05, 4.69) is 5.32 Å². The fraction of sp³-hybridized carbons (Fsp3) is 0.240. The van der Waals surface area contributed by atoms with Gasteiger partial charge in [-0.2, -0.15) is 13.2 Å². The van der Waals surface area contributed by atoms with Crippen LogP contribution < -0.4 is 14.4 Å². The second kappa shape index (κ2) is 10.8. The third kappa shape index (κ3) is 6.11. The molecule has 0 spiro atoms. The summed E-state index contributed by atoms with van der Waals surface area (Å²) >= 11 is 5.64. The third-order valence-electron chi connectivity index (χ3n) is 5.36. The van der Waals surface area contributed by atoms with E-state index in [0.29, 0.717) is 11.6 Å². The van der Waals surface area contributed by atoms with E-state index in [0.717, 1.165) is 22.4 Å². The SMILES string of the molecule is CCc1ccc(N(CC(=O)Nc2ccc(Cl)c(C(F)(F)F)c2)S(=O)(=O)c2cc(C)ccc2OC)cc1. The Bertz CT molecular complexity index is 1360. The minimum atomic E-state index is -4.73. The summed E-state index contributed by atoms with van der Waals surface area (Å²) in [6.07, 6.45) is -4.01. The summed E-state index contributed by atoms with van der Waals surface area (Å²) in [5.74, 6) is -0.760. The van der Waals surface area contributed by atoms with Crippen molar-refractivity contribution in [1.29, 1.82) is 0 Å². The Labute approximate surface area is 212 Å². The quantitative estimate of drug-likeness (QED) is 0.376. The molecule has 0 unspecified atom stereocenters. The van der Waals surface area contributed by atoms with E-state index in [-0.39, 0.29) is 22.0 Å². The maximum atomic E-state index is 13.7. The number of methoxy groups -OCH3 is 1. The first kappa shape index (κ1) is 27.3. The highest BCUT2D eigenvalue weighted by Crippen LogP contribution is 2.36. The van der Waals surface area contributed by atoms with Gasteiger partial charge in [0.1, 0.15) is 17.2 Å². The van der Waals surface area contributed by atoms with E-state index >= 15 is 0 Å². The number of amides is 1. The lowest BCUT2D eigenvalue weighted by atomic mass is 10.1. The molecule has 0 aliphatic carbocycles. The molecule has 6 nitrogen and oxygen atoms in total. The summed E-state index contributed by atoms with van der Waals surface area (Å²) < 4.78 is 73.2. The van der Waals surface area contributed by atoms with Crippen LogP contribution in [0.25, 0.3) is 0 Å². The third-order valence-corrected chi connectivity index (χ3v) is 7.49. The van der Waals surface area contributed by atoms with E-state index in [4.69, 9.17) is 16.3 Å². The Balaban J connectivity index is 2.01. The van der Waals surface area contributed by atoms with Gasteiger partial charge < -0.3 is 10.1 Å². The maximum absolute atomic E-state index is 13.7. The van der Waals surface area contributed by atoms with E-state index < -0.39 is 39.2 Å². The van der Waals surface area contributed by atoms with Crippen LogP contribution in [0, 0.1) is 6.92 Å². The standard InChI is InChI=1S/C25H24ClF3N2O4S/c1-4-17-6-9-19(10-7-17)31(36(33,34)23-13-16(2)5-12-22(23)35-3)15-24(32)30-18-8-11-21(26)20(14-18)25(27,28)29/h5-14H,4,15H2,1-3H3,(H,30,32). The van der Waals surface area contributed by atoms with Crippen molar-refractivity contribution in [2.45, 2.75) is 31.3 Å². The molecular weight excluding hydrogens is 517 g/mol. The maximum Gasteiger partial charge on any atom is 0.417 e. The van der Waals surface area contributed by atoms with Crippen LogP contribution in [0.15, 0.2) is 65.6 Å². The first-order chi connectivity index (χ1) is 16.9. The number of halogens is 4. The molecule has 1 N–H and O–H groups in total. The molecular formula is C25H24ClF3N2O4S. The van der Waals surface area contributed by atoms with Crippen LogP contribution in [0.3, 0.4) is 0 Å². The van der Waals surface area contributed by atoms with Crippen LogP contribution in [-0.2, 0) is 27.4 Å². The van der Waals surface area contributed by atoms with E-state index in [1.165, 1.54) is 25.3 Å². The zero-order chi connectivity index (χ0) is 26.7. The Kier molecular flexibility index (Phi) is 8.20. The molecule has 0 atom stereocenters. The number of rotatable bonds is 8. The Hall–Kier alpha value is -3.24. The number of aryl methyl sites for hydroxylation is 2. The topological polar surface area (TPSA) is 75.7 Å². The van der Waals surface area contributed by atoms with E-state index in [1.54, 1.807) is 37.3 Å². The van der Waals surface area contributed by atoms with Gasteiger partial charge in [-0.05, 0) is 66.9 Å². The highest BCUT2D eigenvalue weighted by atomic mass is 35.5. The van der Waals surface area contributed by atoms with Gasteiger partial charge in [-0.15, -0.1) is 0 Å². The number of carbonyl (C=O) groups excluding carboxylic acids is 1. The number of hydrogen-bond acceptors (Lipinski definition) is 4. The fourth-order valence-electron chi connectivity index (χ4n) is 3.47. The predicted molar refractivity (Wildman–Crippen MR) is 133 cm³/mol. The van der Waals surface area contributed by atoms with Crippen molar-refractivity contribution in [2.24, 2.45) is 0 Å². The number of hydrogen-bond donors (Lipinski definition) is 1. The van der Waals surface area contributed by atoms with Crippen molar-refractivity contribution >= 4 is 38.9 Å². The minimum absolute atomic E-state index is 0.0868. The second-order valence-electron chi connectivity index (χ2n) is 7.93. The predicted octanol–water partition coefficient (Wildman–Crippen LogP) is 6.07. The molecule has 3 aromatic carbocycles. The Morgan fingerprint density at radius 2 is 1.72 bits per heavy atom. The van der Waals surface area contributed by atoms with Gasteiger partial charge >= 0.3 is 6.18 Å². The number of anilines is 2. The van der Waals surface area contributed by atoms with Gasteiger partial charge in [0, 0.05) is 5.69 Å². The number of nitrogens with zero attached hydrogens (tertiary/aromatic N) is 1. The molecule has 0 heterocycles. The van der Waals surface area contributed by atoms with Crippen molar-refractivity contribution in [3.63, 3.8) is 0 Å². The number of nitrogens with one attached hydrogen (secondary N) is 1. The number of ether oxygens (including phenoxy) is 1. The van der Waals surface area contributed by atoms with Crippen molar-refractivity contribution in [2.75, 3.05) is 23.3 Å². The largest absolute Gasteiger partial charge is 0.495 e. The first-order valence-electron chi connectivity index (χ1n) is 10.8. The molecule has 0 fully saturated rings. The van der Waals surface area contributed by atoms with Gasteiger partial charge in [0.25, 0.3) is 10.0 Å². The average molecular weight is 541 g/mol. The molecule has 0 aromatic heterocycles. The van der Waals surface area contributed by atoms with Gasteiger partial charge in [-0.3, -0.25) is 9.10 Å². The molecule has 0 bridgehead atoms. The van der Waals surface area contributed by atoms with E-state index in [1.807, 2.05) is 6.92 Å². The molecule has 11 heteroatoms. The summed E-state index contributed by atoms with van der Waals surface area (Å²) in [6, 6.07) is 14.1. The van der Waals surface area contributed by atoms with Crippen LogP contribution in [0.1, 0.15) is 23.6 Å². The molecule has 3 aromatic rings. The first-order valence-corrected chi connectivity index (χ1v) is 12.6. The van der Waals surface area contributed by atoms with Gasteiger partial charge in [0.05, 0.1) is 23.4 Å². The van der Waals surface area contributed by atoms with Crippen molar-refractivity contribution < 1.29 is 31.1 Å². The molecule has 0 radical (unpaired) electrons. The zero-order valence-corrected chi connectivity index (χ0v) is 21.3. The molecule has 0 aliphatic rings. The van der Waals surface area contributed by atoms with Gasteiger partial charge in [0.2, 0.25) is 5.91 Å². The Morgan fingerprint density at radius 1 is 1.06 bits per heavy atom. The molecule has 192 valence electrons. The molecule has 3 rings (SSSR count). The smallest absolute Gasteiger partial charge is 0.417 e. The normalized spacial score (nSPS) is 11.8. The summed E-state index contributed by atoms with van der Waals surface area (Å²) in [5, 5.41) is 1.81. The lowest BCUT2D eigenvalue weighted by Crippen LogP contribution is -2.38. The van der Waals surface area contributed by atoms with Crippen molar-refractivity contribution in [1.82, 2.24) is 0 Å². The zero-order valence-electron chi connectivity index (χ0n) is 19.7. The molecule has 0 saturated heterocycles. The number of carbonyl (C=O) groups is 1. The summed E-state index contributed by atoms with van der Waals surface area (Å²) in [7, 11) is -2.99. The summed E-state index contributed by atoms with van der Waals surface area (Å²) in [6.45, 7) is 2.95. The van der Waals surface area contributed by atoms with Crippen molar-refractivity contribution in [3.05, 3.63) is 82.4 Å².